The van der Waals surface area contributed by atoms with Crippen LogP contribution in [0.5, 0.6) is 5.75 Å². The van der Waals surface area contributed by atoms with Gasteiger partial charge in [-0.2, -0.15) is 0 Å². The van der Waals surface area contributed by atoms with Crippen molar-refractivity contribution in [1.29, 1.82) is 0 Å². The summed E-state index contributed by atoms with van der Waals surface area (Å²) >= 11 is 1.42. The lowest BCUT2D eigenvalue weighted by Gasteiger charge is -2.09. The first-order chi connectivity index (χ1) is 14.0. The highest BCUT2D eigenvalue weighted by Gasteiger charge is 2.17. The van der Waals surface area contributed by atoms with Crippen molar-refractivity contribution in [3.8, 4) is 5.75 Å². The summed E-state index contributed by atoms with van der Waals surface area (Å²) < 4.78 is 30.9. The Morgan fingerprint density at radius 2 is 2.10 bits per heavy atom. The Morgan fingerprint density at radius 1 is 1.34 bits per heavy atom. The number of rotatable bonds is 9. The highest BCUT2D eigenvalue weighted by atomic mass is 32.2. The number of ether oxygens (including phenoxy) is 2. The summed E-state index contributed by atoms with van der Waals surface area (Å²) in [5.41, 5.74) is 0.407. The zero-order chi connectivity index (χ0) is 20.8. The second kappa shape index (κ2) is 9.42. The summed E-state index contributed by atoms with van der Waals surface area (Å²) in [7, 11) is 1.33. The maximum Gasteiger partial charge on any atom is 0.341 e. The predicted molar refractivity (Wildman–Crippen MR) is 105 cm³/mol. The number of aryl methyl sites for hydroxylation is 1. The summed E-state index contributed by atoms with van der Waals surface area (Å²) in [4.78, 5) is 11.7. The number of thioether (sulfide) groups is 1. The van der Waals surface area contributed by atoms with Crippen LogP contribution in [0, 0.1) is 12.7 Å². The van der Waals surface area contributed by atoms with Crippen LogP contribution in [0.25, 0.3) is 0 Å². The Bertz CT molecular complexity index is 998. The molecule has 0 amide bonds. The van der Waals surface area contributed by atoms with Gasteiger partial charge in [0.25, 0.3) is 0 Å². The topological polar surface area (TPSA) is 79.4 Å². The smallest absolute Gasteiger partial charge is 0.341 e. The molecule has 2 heterocycles. The van der Waals surface area contributed by atoms with E-state index >= 15 is 0 Å². The molecule has 152 valence electrons. The van der Waals surface area contributed by atoms with Crippen LogP contribution in [0.1, 0.15) is 27.7 Å². The van der Waals surface area contributed by atoms with E-state index in [0.29, 0.717) is 46.1 Å². The fraction of sp³-hybridized carbons (Fsp3) is 0.250. The van der Waals surface area contributed by atoms with E-state index in [1.165, 1.54) is 31.0 Å². The van der Waals surface area contributed by atoms with Gasteiger partial charge in [0.15, 0.2) is 11.0 Å². The van der Waals surface area contributed by atoms with Crippen LogP contribution in [0.4, 0.5) is 4.39 Å². The molecule has 29 heavy (non-hydrogen) atoms. The van der Waals surface area contributed by atoms with Crippen molar-refractivity contribution in [2.75, 3.05) is 7.11 Å². The van der Waals surface area contributed by atoms with Gasteiger partial charge >= 0.3 is 5.97 Å². The average Bonchev–Trinajstić information content (AvgIpc) is 3.28. The van der Waals surface area contributed by atoms with Gasteiger partial charge in [0.1, 0.15) is 35.3 Å². The molecule has 0 fully saturated rings. The maximum absolute atomic E-state index is 13.0. The molecule has 2 aromatic heterocycles. The maximum atomic E-state index is 13.0. The van der Waals surface area contributed by atoms with Crippen LogP contribution in [0.2, 0.25) is 0 Å². The number of carbonyl (C=O) groups is 1. The lowest BCUT2D eigenvalue weighted by molar-refractivity contribution is 0.0599. The summed E-state index contributed by atoms with van der Waals surface area (Å²) in [6.45, 7) is 6.17. The third kappa shape index (κ3) is 5.05. The van der Waals surface area contributed by atoms with Gasteiger partial charge < -0.3 is 13.9 Å². The SMILES string of the molecule is C=CCn1c(COc2ccc(F)cc2)nnc1SCc1cc(C(=O)OC)c(C)o1. The minimum atomic E-state index is -0.433. The zero-order valence-electron chi connectivity index (χ0n) is 16.1. The number of carbonyl (C=O) groups excluding carboxylic acids is 1. The molecule has 0 aliphatic carbocycles. The van der Waals surface area contributed by atoms with E-state index in [1.54, 1.807) is 31.2 Å². The second-order valence-electron chi connectivity index (χ2n) is 6.00. The fourth-order valence-corrected chi connectivity index (χ4v) is 3.43. The van der Waals surface area contributed by atoms with Crippen molar-refractivity contribution in [3.63, 3.8) is 0 Å². The van der Waals surface area contributed by atoms with Gasteiger partial charge in [-0.15, -0.1) is 16.8 Å². The Hall–Kier alpha value is -3.07. The van der Waals surface area contributed by atoms with E-state index in [-0.39, 0.29) is 12.4 Å². The van der Waals surface area contributed by atoms with Crippen molar-refractivity contribution >= 4 is 17.7 Å². The third-order valence-electron chi connectivity index (χ3n) is 4.00. The molecule has 0 aliphatic rings. The Labute approximate surface area is 171 Å². The molecule has 0 bridgehead atoms. The molecule has 0 saturated carbocycles. The van der Waals surface area contributed by atoms with Gasteiger partial charge in [-0.3, -0.25) is 4.57 Å². The van der Waals surface area contributed by atoms with Crippen molar-refractivity contribution in [3.05, 3.63) is 71.7 Å². The zero-order valence-corrected chi connectivity index (χ0v) is 16.9. The largest absolute Gasteiger partial charge is 0.486 e. The van der Waals surface area contributed by atoms with E-state index in [1.807, 2.05) is 4.57 Å². The van der Waals surface area contributed by atoms with Crippen LogP contribution in [-0.4, -0.2) is 27.8 Å². The molecular formula is C20H20FN3O4S. The summed E-state index contributed by atoms with van der Waals surface area (Å²) in [5, 5.41) is 9.06. The molecule has 0 saturated heterocycles. The van der Waals surface area contributed by atoms with Crippen molar-refractivity contribution in [2.24, 2.45) is 0 Å². The Morgan fingerprint density at radius 3 is 2.79 bits per heavy atom. The fourth-order valence-electron chi connectivity index (χ4n) is 2.59. The summed E-state index contributed by atoms with van der Waals surface area (Å²) in [6, 6.07) is 7.44. The number of hydrogen-bond donors (Lipinski definition) is 0. The van der Waals surface area contributed by atoms with Gasteiger partial charge in [-0.1, -0.05) is 17.8 Å². The molecule has 0 atom stereocenters. The molecule has 0 aliphatic heterocycles. The summed E-state index contributed by atoms with van der Waals surface area (Å²) in [5.74, 6) is 2.00. The molecule has 9 heteroatoms. The number of benzene rings is 1. The molecule has 0 radical (unpaired) electrons. The minimum Gasteiger partial charge on any atom is -0.486 e. The highest BCUT2D eigenvalue weighted by molar-refractivity contribution is 7.98. The molecule has 0 spiro atoms. The van der Waals surface area contributed by atoms with Crippen molar-refractivity contribution in [1.82, 2.24) is 14.8 Å². The van der Waals surface area contributed by atoms with Crippen LogP contribution < -0.4 is 4.74 Å². The predicted octanol–water partition coefficient (Wildman–Crippen LogP) is 4.16. The van der Waals surface area contributed by atoms with E-state index in [9.17, 15) is 9.18 Å². The summed E-state index contributed by atoms with van der Waals surface area (Å²) in [6.07, 6.45) is 1.74. The molecule has 7 nitrogen and oxygen atoms in total. The Balaban J connectivity index is 1.69. The first-order valence-corrected chi connectivity index (χ1v) is 9.72. The van der Waals surface area contributed by atoms with Crippen LogP contribution in [0.3, 0.4) is 0 Å². The standard InChI is InChI=1S/C20H20FN3O4S/c1-4-9-24-18(11-27-15-7-5-14(21)6-8-15)22-23-20(24)29-12-16-10-17(13(2)28-16)19(25)26-3/h4-8,10H,1,9,11-12H2,2-3H3. The van der Waals surface area contributed by atoms with Crippen molar-refractivity contribution in [2.45, 2.75) is 31.0 Å². The van der Waals surface area contributed by atoms with E-state index < -0.39 is 5.97 Å². The molecule has 0 N–H and O–H groups in total. The number of hydrogen-bond acceptors (Lipinski definition) is 7. The van der Waals surface area contributed by atoms with Crippen LogP contribution in [-0.2, 0) is 23.6 Å². The van der Waals surface area contributed by atoms with Gasteiger partial charge in [0.05, 0.1) is 12.9 Å². The normalized spacial score (nSPS) is 10.7. The number of halogens is 1. The monoisotopic (exact) mass is 417 g/mol. The van der Waals surface area contributed by atoms with Crippen LogP contribution in [0.15, 0.2) is 52.6 Å². The average molecular weight is 417 g/mol. The van der Waals surface area contributed by atoms with Crippen molar-refractivity contribution < 1.29 is 23.1 Å². The van der Waals surface area contributed by atoms with Gasteiger partial charge in [0.2, 0.25) is 0 Å². The lowest BCUT2D eigenvalue weighted by atomic mass is 10.2. The molecular weight excluding hydrogens is 397 g/mol. The number of allylic oxidation sites excluding steroid dienone is 1. The third-order valence-corrected chi connectivity index (χ3v) is 4.99. The van der Waals surface area contributed by atoms with Crippen LogP contribution >= 0.6 is 11.8 Å². The number of furan rings is 1. The molecule has 1 aromatic carbocycles. The lowest BCUT2D eigenvalue weighted by Crippen LogP contribution is -2.07. The molecule has 0 unspecified atom stereocenters. The Kier molecular flexibility index (Phi) is 6.71. The highest BCUT2D eigenvalue weighted by Crippen LogP contribution is 2.26. The number of nitrogens with zero attached hydrogens (tertiary/aromatic N) is 3. The van der Waals surface area contributed by atoms with E-state index in [0.717, 1.165) is 0 Å². The quantitative estimate of drug-likeness (QED) is 0.294. The molecule has 3 rings (SSSR count). The number of methoxy groups -OCH3 is 1. The van der Waals surface area contributed by atoms with Gasteiger partial charge in [0, 0.05) is 6.54 Å². The number of esters is 1. The second-order valence-corrected chi connectivity index (χ2v) is 6.95. The first kappa shape index (κ1) is 20.7. The van der Waals surface area contributed by atoms with E-state index in [2.05, 4.69) is 16.8 Å². The van der Waals surface area contributed by atoms with E-state index in [4.69, 9.17) is 13.9 Å². The minimum absolute atomic E-state index is 0.180. The van der Waals surface area contributed by atoms with Gasteiger partial charge in [-0.05, 0) is 37.3 Å². The first-order valence-electron chi connectivity index (χ1n) is 8.73. The molecule has 3 aromatic rings. The number of aromatic nitrogens is 3. The van der Waals surface area contributed by atoms with Gasteiger partial charge in [-0.25, -0.2) is 9.18 Å².